The minimum atomic E-state index is -0.981. The number of carbonyl (C=O) groups is 2. The number of hydrogen-bond donors (Lipinski definition) is 3. The molecular formula is C23H29N5O5. The molecule has 4 rings (SSSR count). The van der Waals surface area contributed by atoms with Crippen molar-refractivity contribution < 1.29 is 19.1 Å². The minimum Gasteiger partial charge on any atom is -0.497 e. The van der Waals surface area contributed by atoms with Gasteiger partial charge in [0.25, 0.3) is 5.56 Å². The van der Waals surface area contributed by atoms with E-state index in [4.69, 9.17) is 9.47 Å². The maximum absolute atomic E-state index is 13.2. The number of piperidine rings is 1. The van der Waals surface area contributed by atoms with E-state index in [1.54, 1.807) is 18.2 Å². The van der Waals surface area contributed by atoms with Crippen LogP contribution in [0.25, 0.3) is 0 Å². The smallest absolute Gasteiger partial charge is 0.258 e. The number of hydrogen-bond acceptors (Lipinski definition) is 7. The number of nitrogens with one attached hydrogen (secondary N) is 3. The summed E-state index contributed by atoms with van der Waals surface area (Å²) >= 11 is 0. The van der Waals surface area contributed by atoms with Gasteiger partial charge in [-0.2, -0.15) is 4.98 Å². The average Bonchev–Trinajstić information content (AvgIpc) is 2.77. The second-order valence-electron chi connectivity index (χ2n) is 8.86. The summed E-state index contributed by atoms with van der Waals surface area (Å²) in [6, 6.07) is 4.96. The quantitative estimate of drug-likeness (QED) is 0.632. The number of ether oxygens (including phenoxy) is 2. The molecule has 33 heavy (non-hydrogen) atoms. The lowest BCUT2D eigenvalue weighted by atomic mass is 9.91. The SMILES string of the molecule is COc1ccc(NC(=O)[C@@H]2CC(=O)Nc3nc(N4C[C@@H](C)C[C@H](C)C4)[nH]c(=O)c32)c(OC)c1. The Kier molecular flexibility index (Phi) is 6.26. The van der Waals surface area contributed by atoms with E-state index in [-0.39, 0.29) is 23.7 Å². The fourth-order valence-electron chi connectivity index (χ4n) is 4.69. The molecule has 3 N–H and O–H groups in total. The van der Waals surface area contributed by atoms with Gasteiger partial charge in [-0.05, 0) is 30.4 Å². The molecule has 10 nitrogen and oxygen atoms in total. The van der Waals surface area contributed by atoms with Crippen LogP contribution < -0.4 is 30.6 Å². The van der Waals surface area contributed by atoms with Crippen molar-refractivity contribution in [2.45, 2.75) is 32.6 Å². The number of aromatic amines is 1. The van der Waals surface area contributed by atoms with Crippen LogP contribution in [0.5, 0.6) is 11.5 Å². The van der Waals surface area contributed by atoms with Crippen molar-refractivity contribution in [3.05, 3.63) is 34.1 Å². The molecular weight excluding hydrogens is 426 g/mol. The highest BCUT2D eigenvalue weighted by atomic mass is 16.5. The normalized spacial score (nSPS) is 22.2. The lowest BCUT2D eigenvalue weighted by molar-refractivity contribution is -0.123. The van der Waals surface area contributed by atoms with Gasteiger partial charge >= 0.3 is 0 Å². The summed E-state index contributed by atoms with van der Waals surface area (Å²) in [6.07, 6.45) is 0.957. The van der Waals surface area contributed by atoms with E-state index in [1.807, 2.05) is 4.90 Å². The molecule has 3 heterocycles. The third kappa shape index (κ3) is 4.64. The van der Waals surface area contributed by atoms with Gasteiger partial charge in [-0.15, -0.1) is 0 Å². The Labute approximate surface area is 191 Å². The minimum absolute atomic E-state index is 0.137. The number of rotatable bonds is 5. The molecule has 0 unspecified atom stereocenters. The number of H-pyrrole nitrogens is 1. The van der Waals surface area contributed by atoms with Gasteiger partial charge in [0.1, 0.15) is 17.3 Å². The number of methoxy groups -OCH3 is 2. The maximum atomic E-state index is 13.2. The predicted molar refractivity (Wildman–Crippen MR) is 124 cm³/mol. The van der Waals surface area contributed by atoms with Crippen LogP contribution >= 0.6 is 0 Å². The fourth-order valence-corrected chi connectivity index (χ4v) is 4.69. The molecule has 2 aliphatic heterocycles. The predicted octanol–water partition coefficient (Wildman–Crippen LogP) is 2.33. The van der Waals surface area contributed by atoms with Gasteiger partial charge in [-0.1, -0.05) is 13.8 Å². The summed E-state index contributed by atoms with van der Waals surface area (Å²) in [6.45, 7) is 5.85. The third-order valence-corrected chi connectivity index (χ3v) is 6.09. The van der Waals surface area contributed by atoms with E-state index in [0.29, 0.717) is 35.0 Å². The Bertz CT molecular complexity index is 1120. The van der Waals surface area contributed by atoms with Gasteiger partial charge in [-0.3, -0.25) is 19.4 Å². The molecule has 2 aliphatic rings. The van der Waals surface area contributed by atoms with E-state index in [2.05, 4.69) is 34.4 Å². The monoisotopic (exact) mass is 455 g/mol. The largest absolute Gasteiger partial charge is 0.497 e. The van der Waals surface area contributed by atoms with Gasteiger partial charge in [0, 0.05) is 25.6 Å². The van der Waals surface area contributed by atoms with E-state index >= 15 is 0 Å². The van der Waals surface area contributed by atoms with Crippen LogP contribution in [-0.2, 0) is 9.59 Å². The highest BCUT2D eigenvalue weighted by Gasteiger charge is 2.36. The summed E-state index contributed by atoms with van der Waals surface area (Å²) < 4.78 is 10.5. The molecule has 1 aromatic carbocycles. The highest BCUT2D eigenvalue weighted by Crippen LogP contribution is 2.34. The first-order valence-electron chi connectivity index (χ1n) is 11.0. The summed E-state index contributed by atoms with van der Waals surface area (Å²) in [7, 11) is 3.01. The fraction of sp³-hybridized carbons (Fsp3) is 0.478. The van der Waals surface area contributed by atoms with Crippen molar-refractivity contribution in [3.63, 3.8) is 0 Å². The lowest BCUT2D eigenvalue weighted by Gasteiger charge is -2.35. The number of benzene rings is 1. The van der Waals surface area contributed by atoms with Gasteiger partial charge in [0.15, 0.2) is 0 Å². The van der Waals surface area contributed by atoms with Gasteiger partial charge in [0.05, 0.1) is 31.4 Å². The van der Waals surface area contributed by atoms with Crippen molar-refractivity contribution in [3.8, 4) is 11.5 Å². The maximum Gasteiger partial charge on any atom is 0.258 e. The van der Waals surface area contributed by atoms with Crippen LogP contribution in [0.2, 0.25) is 0 Å². The van der Waals surface area contributed by atoms with Crippen LogP contribution in [0.15, 0.2) is 23.0 Å². The van der Waals surface area contributed by atoms with E-state index < -0.39 is 17.4 Å². The highest BCUT2D eigenvalue weighted by molar-refractivity contribution is 6.05. The van der Waals surface area contributed by atoms with Crippen LogP contribution in [0.1, 0.15) is 38.2 Å². The Morgan fingerprint density at radius 1 is 1.15 bits per heavy atom. The molecule has 0 bridgehead atoms. The molecule has 2 amide bonds. The van der Waals surface area contributed by atoms with Crippen LogP contribution in [0, 0.1) is 11.8 Å². The zero-order valence-electron chi connectivity index (χ0n) is 19.2. The standard InChI is InChI=1S/C23H29N5O5/c1-12-7-13(2)11-28(10-12)23-26-20-19(22(31)27-23)15(9-18(29)25-20)21(30)24-16-6-5-14(32-3)8-17(16)33-4/h5-6,8,12-13,15H,7,9-11H2,1-4H3,(H,24,30)(H2,25,26,27,29,31)/t12-,13-,15+/m0/s1. The first kappa shape index (κ1) is 22.6. The summed E-state index contributed by atoms with van der Waals surface area (Å²) in [4.78, 5) is 48.0. The summed E-state index contributed by atoms with van der Waals surface area (Å²) in [5.74, 6) is 0.604. The molecule has 0 spiro atoms. The summed E-state index contributed by atoms with van der Waals surface area (Å²) in [5.41, 5.74) is 0.136. The van der Waals surface area contributed by atoms with Crippen molar-refractivity contribution in [1.29, 1.82) is 0 Å². The van der Waals surface area contributed by atoms with E-state index in [1.165, 1.54) is 14.2 Å². The molecule has 10 heteroatoms. The number of aromatic nitrogens is 2. The zero-order valence-corrected chi connectivity index (χ0v) is 19.2. The van der Waals surface area contributed by atoms with Gasteiger partial charge in [-0.25, -0.2) is 0 Å². The Morgan fingerprint density at radius 3 is 2.55 bits per heavy atom. The van der Waals surface area contributed by atoms with Crippen LogP contribution in [-0.4, -0.2) is 49.1 Å². The number of nitrogens with zero attached hydrogens (tertiary/aromatic N) is 2. The number of anilines is 3. The molecule has 1 saturated heterocycles. The Morgan fingerprint density at radius 2 is 1.88 bits per heavy atom. The average molecular weight is 456 g/mol. The van der Waals surface area contributed by atoms with Crippen molar-refractivity contribution in [1.82, 2.24) is 9.97 Å². The second-order valence-corrected chi connectivity index (χ2v) is 8.86. The number of fused-ring (bicyclic) bond motifs is 1. The van der Waals surface area contributed by atoms with Crippen molar-refractivity contribution in [2.24, 2.45) is 11.8 Å². The van der Waals surface area contributed by atoms with Gasteiger partial charge in [0.2, 0.25) is 17.8 Å². The Hall–Kier alpha value is -3.56. The van der Waals surface area contributed by atoms with E-state index in [9.17, 15) is 14.4 Å². The zero-order chi connectivity index (χ0) is 23.7. The molecule has 0 aliphatic carbocycles. The molecule has 1 fully saturated rings. The van der Waals surface area contributed by atoms with Crippen LogP contribution in [0.3, 0.4) is 0 Å². The molecule has 176 valence electrons. The molecule has 2 aromatic rings. The van der Waals surface area contributed by atoms with Crippen molar-refractivity contribution >= 4 is 29.3 Å². The molecule has 0 radical (unpaired) electrons. The van der Waals surface area contributed by atoms with E-state index in [0.717, 1.165) is 19.5 Å². The van der Waals surface area contributed by atoms with Crippen LogP contribution in [0.4, 0.5) is 17.5 Å². The van der Waals surface area contributed by atoms with Gasteiger partial charge < -0.3 is 25.0 Å². The molecule has 0 saturated carbocycles. The first-order chi connectivity index (χ1) is 15.8. The number of amides is 2. The topological polar surface area (TPSA) is 126 Å². The number of carbonyl (C=O) groups excluding carboxylic acids is 2. The first-order valence-corrected chi connectivity index (χ1v) is 11.0. The second kappa shape index (κ2) is 9.13. The molecule has 1 aromatic heterocycles. The van der Waals surface area contributed by atoms with Crippen molar-refractivity contribution in [2.75, 3.05) is 42.8 Å². The lowest BCUT2D eigenvalue weighted by Crippen LogP contribution is -2.42. The summed E-state index contributed by atoms with van der Waals surface area (Å²) in [5, 5.41) is 5.44. The Balaban J connectivity index is 1.64. The molecule has 3 atom stereocenters. The third-order valence-electron chi connectivity index (χ3n) is 6.09.